The fourth-order valence-electron chi connectivity index (χ4n) is 3.13. The number of nitrogens with zero attached hydrogens (tertiary/aromatic N) is 1. The molecular weight excluding hydrogens is 286 g/mol. The van der Waals surface area contributed by atoms with Gasteiger partial charge >= 0.3 is 0 Å². The Morgan fingerprint density at radius 2 is 1.96 bits per heavy atom. The molecular formula is C20H23NO2. The molecule has 23 heavy (non-hydrogen) atoms. The quantitative estimate of drug-likeness (QED) is 0.682. The summed E-state index contributed by atoms with van der Waals surface area (Å²) in [5, 5.41) is 0. The minimum atomic E-state index is 0.145. The number of hydrogen-bond donors (Lipinski definition) is 0. The van der Waals surface area contributed by atoms with Crippen molar-refractivity contribution in [2.24, 2.45) is 5.92 Å². The van der Waals surface area contributed by atoms with Crippen LogP contribution in [0, 0.1) is 5.92 Å². The van der Waals surface area contributed by atoms with Crippen LogP contribution >= 0.6 is 0 Å². The summed E-state index contributed by atoms with van der Waals surface area (Å²) in [4.78, 5) is 14.6. The summed E-state index contributed by atoms with van der Waals surface area (Å²) in [6, 6.07) is 13.6. The van der Waals surface area contributed by atoms with E-state index >= 15 is 0 Å². The molecule has 2 heterocycles. The molecule has 2 aromatic rings. The summed E-state index contributed by atoms with van der Waals surface area (Å²) in [5.74, 6) is 1.20. The zero-order valence-electron chi connectivity index (χ0n) is 13.6. The van der Waals surface area contributed by atoms with E-state index in [1.807, 2.05) is 42.5 Å². The third kappa shape index (κ3) is 3.55. The third-order valence-corrected chi connectivity index (χ3v) is 4.29. The molecule has 1 aromatic heterocycles. The molecule has 0 saturated carbocycles. The molecule has 0 saturated heterocycles. The first-order valence-electron chi connectivity index (χ1n) is 8.43. The minimum absolute atomic E-state index is 0.145. The van der Waals surface area contributed by atoms with Gasteiger partial charge in [-0.15, -0.1) is 0 Å². The van der Waals surface area contributed by atoms with Crippen molar-refractivity contribution in [3.63, 3.8) is 0 Å². The monoisotopic (exact) mass is 309 g/mol. The van der Waals surface area contributed by atoms with Gasteiger partial charge < -0.3 is 4.42 Å². The molecule has 1 aliphatic rings. The van der Waals surface area contributed by atoms with Gasteiger partial charge in [0.15, 0.2) is 0 Å². The van der Waals surface area contributed by atoms with Crippen LogP contribution in [-0.2, 0) is 4.79 Å². The summed E-state index contributed by atoms with van der Waals surface area (Å²) >= 11 is 0. The Morgan fingerprint density at radius 3 is 2.65 bits per heavy atom. The second-order valence-corrected chi connectivity index (χ2v) is 6.05. The maximum atomic E-state index is 12.8. The van der Waals surface area contributed by atoms with Crippen LogP contribution in [0.25, 0.3) is 5.70 Å². The molecule has 0 radical (unpaired) electrons. The van der Waals surface area contributed by atoms with Crippen molar-refractivity contribution >= 4 is 17.3 Å². The summed E-state index contributed by atoms with van der Waals surface area (Å²) in [6.45, 7) is 2.20. The fourth-order valence-corrected chi connectivity index (χ4v) is 3.13. The number of amides is 1. The molecule has 0 spiro atoms. The van der Waals surface area contributed by atoms with Crippen LogP contribution in [0.5, 0.6) is 0 Å². The van der Waals surface area contributed by atoms with Crippen molar-refractivity contribution in [1.29, 1.82) is 0 Å². The van der Waals surface area contributed by atoms with E-state index in [0.717, 1.165) is 23.6 Å². The van der Waals surface area contributed by atoms with Gasteiger partial charge in [0.1, 0.15) is 5.76 Å². The van der Waals surface area contributed by atoms with Gasteiger partial charge in [-0.25, -0.2) is 0 Å². The molecule has 1 unspecified atom stereocenters. The Hall–Kier alpha value is -2.29. The van der Waals surface area contributed by atoms with E-state index in [-0.39, 0.29) is 5.91 Å². The number of carbonyl (C=O) groups is 1. The molecule has 3 heteroatoms. The highest BCUT2D eigenvalue weighted by Crippen LogP contribution is 2.35. The molecule has 0 aliphatic carbocycles. The standard InChI is InChI=1S/C20H23NO2/c1-2-3-5-9-16-14-18(19-12-8-13-23-19)21(20(22)15-16)17-10-6-4-7-11-17/h4,6-8,10-14,16H,2-3,5,9,15H2,1H3. The van der Waals surface area contributed by atoms with Crippen LogP contribution in [0.15, 0.2) is 59.2 Å². The Morgan fingerprint density at radius 1 is 1.13 bits per heavy atom. The second-order valence-electron chi connectivity index (χ2n) is 6.05. The van der Waals surface area contributed by atoms with Crippen LogP contribution in [0.4, 0.5) is 5.69 Å². The number of benzene rings is 1. The zero-order valence-corrected chi connectivity index (χ0v) is 13.6. The lowest BCUT2D eigenvalue weighted by molar-refractivity contribution is -0.118. The number of furan rings is 1. The Kier molecular flexibility index (Phi) is 4.96. The van der Waals surface area contributed by atoms with Crippen LogP contribution in [-0.4, -0.2) is 5.91 Å². The predicted octanol–water partition coefficient (Wildman–Crippen LogP) is 5.25. The third-order valence-electron chi connectivity index (χ3n) is 4.29. The van der Waals surface area contributed by atoms with Crippen molar-refractivity contribution < 1.29 is 9.21 Å². The SMILES string of the molecule is CCCCCC1C=C(c2ccco2)N(c2ccccc2)C(=O)C1. The van der Waals surface area contributed by atoms with E-state index in [9.17, 15) is 4.79 Å². The first-order valence-corrected chi connectivity index (χ1v) is 8.43. The first kappa shape index (κ1) is 15.6. The lowest BCUT2D eigenvalue weighted by Gasteiger charge is -2.31. The van der Waals surface area contributed by atoms with Gasteiger partial charge in [0.25, 0.3) is 0 Å². The van der Waals surface area contributed by atoms with Crippen molar-refractivity contribution in [3.05, 3.63) is 60.6 Å². The fraction of sp³-hybridized carbons (Fsp3) is 0.350. The Balaban J connectivity index is 1.92. The highest BCUT2D eigenvalue weighted by atomic mass is 16.3. The predicted molar refractivity (Wildman–Crippen MR) is 92.9 cm³/mol. The van der Waals surface area contributed by atoms with E-state index in [2.05, 4.69) is 13.0 Å². The van der Waals surface area contributed by atoms with Crippen LogP contribution in [0.2, 0.25) is 0 Å². The summed E-state index contributed by atoms with van der Waals surface area (Å²) < 4.78 is 5.58. The topological polar surface area (TPSA) is 33.5 Å². The zero-order chi connectivity index (χ0) is 16.1. The highest BCUT2D eigenvalue weighted by molar-refractivity contribution is 6.07. The number of para-hydroxylation sites is 1. The normalized spacial score (nSPS) is 18.1. The lowest BCUT2D eigenvalue weighted by atomic mass is 9.92. The van der Waals surface area contributed by atoms with Gasteiger partial charge in [-0.05, 0) is 36.6 Å². The van der Waals surface area contributed by atoms with Gasteiger partial charge in [0, 0.05) is 12.1 Å². The number of rotatable bonds is 6. The summed E-state index contributed by atoms with van der Waals surface area (Å²) in [5.41, 5.74) is 1.77. The molecule has 3 rings (SSSR count). The first-order chi connectivity index (χ1) is 11.3. The van der Waals surface area contributed by atoms with Crippen molar-refractivity contribution in [2.75, 3.05) is 4.90 Å². The van der Waals surface area contributed by atoms with Crippen LogP contribution in [0.3, 0.4) is 0 Å². The van der Waals surface area contributed by atoms with E-state index < -0.39 is 0 Å². The number of allylic oxidation sites excluding steroid dienone is 1. The molecule has 0 N–H and O–H groups in total. The molecule has 120 valence electrons. The molecule has 1 atom stereocenters. The molecule has 1 amide bonds. The molecule has 0 bridgehead atoms. The van der Waals surface area contributed by atoms with Gasteiger partial charge in [0.05, 0.1) is 12.0 Å². The minimum Gasteiger partial charge on any atom is -0.463 e. The van der Waals surface area contributed by atoms with Gasteiger partial charge in [-0.3, -0.25) is 9.69 Å². The van der Waals surface area contributed by atoms with E-state index in [1.54, 1.807) is 11.2 Å². The molecule has 3 nitrogen and oxygen atoms in total. The number of carbonyl (C=O) groups excluding carboxylic acids is 1. The number of anilines is 1. The summed E-state index contributed by atoms with van der Waals surface area (Å²) in [6.07, 6.45) is 9.09. The smallest absolute Gasteiger partial charge is 0.232 e. The number of hydrogen-bond acceptors (Lipinski definition) is 2. The highest BCUT2D eigenvalue weighted by Gasteiger charge is 2.30. The van der Waals surface area contributed by atoms with Crippen molar-refractivity contribution in [3.8, 4) is 0 Å². The van der Waals surface area contributed by atoms with Crippen molar-refractivity contribution in [1.82, 2.24) is 0 Å². The van der Waals surface area contributed by atoms with E-state index in [1.165, 1.54) is 19.3 Å². The van der Waals surface area contributed by atoms with Gasteiger partial charge in [-0.1, -0.05) is 50.5 Å². The average molecular weight is 309 g/mol. The number of unbranched alkanes of at least 4 members (excludes halogenated alkanes) is 2. The molecule has 0 fully saturated rings. The van der Waals surface area contributed by atoms with Crippen molar-refractivity contribution in [2.45, 2.75) is 39.0 Å². The summed E-state index contributed by atoms with van der Waals surface area (Å²) in [7, 11) is 0. The maximum Gasteiger partial charge on any atom is 0.232 e. The lowest BCUT2D eigenvalue weighted by Crippen LogP contribution is -2.34. The van der Waals surface area contributed by atoms with Crippen LogP contribution < -0.4 is 4.90 Å². The van der Waals surface area contributed by atoms with E-state index in [0.29, 0.717) is 12.3 Å². The Bertz CT molecular complexity index is 658. The Labute approximate surface area is 137 Å². The largest absolute Gasteiger partial charge is 0.463 e. The molecule has 1 aromatic carbocycles. The van der Waals surface area contributed by atoms with Crippen LogP contribution in [0.1, 0.15) is 44.8 Å². The van der Waals surface area contributed by atoms with Gasteiger partial charge in [0.2, 0.25) is 5.91 Å². The molecule has 1 aliphatic heterocycles. The van der Waals surface area contributed by atoms with E-state index in [4.69, 9.17) is 4.42 Å². The second kappa shape index (κ2) is 7.32. The maximum absolute atomic E-state index is 12.8. The average Bonchev–Trinajstić information content (AvgIpc) is 3.10. The van der Waals surface area contributed by atoms with Gasteiger partial charge in [-0.2, -0.15) is 0 Å².